The van der Waals surface area contributed by atoms with Crippen LogP contribution in [-0.4, -0.2) is 48.8 Å². The highest BCUT2D eigenvalue weighted by Crippen LogP contribution is 2.09. The van der Waals surface area contributed by atoms with Crippen LogP contribution in [0.5, 0.6) is 0 Å². The van der Waals surface area contributed by atoms with Crippen molar-refractivity contribution in [3.63, 3.8) is 0 Å². The first-order valence-electron chi connectivity index (χ1n) is 6.50. The SMILES string of the molecule is CC(C)(N)CCCCCN.CC(O)CN(C)C. The minimum Gasteiger partial charge on any atom is -0.392 e. The van der Waals surface area contributed by atoms with Crippen LogP contribution in [-0.2, 0) is 0 Å². The van der Waals surface area contributed by atoms with Gasteiger partial charge in [0.25, 0.3) is 0 Å². The quantitative estimate of drug-likeness (QED) is 0.590. The molecule has 106 valence electrons. The Hall–Kier alpha value is -0.160. The first-order chi connectivity index (χ1) is 7.69. The van der Waals surface area contributed by atoms with Gasteiger partial charge in [0.1, 0.15) is 0 Å². The highest BCUT2D eigenvalue weighted by atomic mass is 16.3. The minimum atomic E-state index is -0.199. The monoisotopic (exact) mass is 247 g/mol. The molecular weight excluding hydrogens is 214 g/mol. The molecule has 0 aromatic rings. The van der Waals surface area contributed by atoms with Gasteiger partial charge in [0.05, 0.1) is 6.10 Å². The molecule has 0 saturated carbocycles. The second kappa shape index (κ2) is 11.0. The Balaban J connectivity index is 0. The molecule has 1 unspecified atom stereocenters. The molecule has 0 rings (SSSR count). The number of rotatable bonds is 7. The third-order valence-electron chi connectivity index (χ3n) is 2.15. The van der Waals surface area contributed by atoms with E-state index in [0.29, 0.717) is 0 Å². The van der Waals surface area contributed by atoms with Gasteiger partial charge >= 0.3 is 0 Å². The zero-order valence-corrected chi connectivity index (χ0v) is 12.4. The topological polar surface area (TPSA) is 75.5 Å². The number of hydrogen-bond acceptors (Lipinski definition) is 4. The van der Waals surface area contributed by atoms with E-state index in [1.165, 1.54) is 12.8 Å². The van der Waals surface area contributed by atoms with Crippen molar-refractivity contribution in [2.24, 2.45) is 11.5 Å². The minimum absolute atomic E-state index is 0.00853. The second-order valence-electron chi connectivity index (χ2n) is 5.70. The molecule has 4 heteroatoms. The van der Waals surface area contributed by atoms with Crippen LogP contribution in [0.2, 0.25) is 0 Å². The maximum absolute atomic E-state index is 8.68. The van der Waals surface area contributed by atoms with Crippen molar-refractivity contribution in [2.75, 3.05) is 27.2 Å². The van der Waals surface area contributed by atoms with Crippen LogP contribution in [0.15, 0.2) is 0 Å². The van der Waals surface area contributed by atoms with Crippen LogP contribution in [0.3, 0.4) is 0 Å². The summed E-state index contributed by atoms with van der Waals surface area (Å²) in [6.07, 6.45) is 4.47. The van der Waals surface area contributed by atoms with Gasteiger partial charge in [0, 0.05) is 12.1 Å². The van der Waals surface area contributed by atoms with Crippen molar-refractivity contribution >= 4 is 0 Å². The Kier molecular flexibility index (Phi) is 12.4. The molecule has 5 N–H and O–H groups in total. The standard InChI is InChI=1S/C8H20N2.C5H13NO/c1-8(2,10)6-4-3-5-7-9;1-5(7)4-6(2)3/h3-7,9-10H2,1-2H3;5,7H,4H2,1-3H3. The third kappa shape index (κ3) is 25.8. The maximum Gasteiger partial charge on any atom is 0.0638 e. The summed E-state index contributed by atoms with van der Waals surface area (Å²) in [6.45, 7) is 7.47. The fourth-order valence-corrected chi connectivity index (χ4v) is 1.43. The highest BCUT2D eigenvalue weighted by Gasteiger charge is 2.08. The van der Waals surface area contributed by atoms with Gasteiger partial charge in [0.15, 0.2) is 0 Å². The van der Waals surface area contributed by atoms with Gasteiger partial charge in [-0.05, 0) is 54.3 Å². The van der Waals surface area contributed by atoms with Crippen molar-refractivity contribution < 1.29 is 5.11 Å². The number of unbranched alkanes of at least 4 members (excludes halogenated alkanes) is 2. The molecule has 0 aliphatic carbocycles. The normalized spacial score (nSPS) is 13.2. The second-order valence-corrected chi connectivity index (χ2v) is 5.70. The summed E-state index contributed by atoms with van der Waals surface area (Å²) >= 11 is 0. The molecule has 1 atom stereocenters. The van der Waals surface area contributed by atoms with Crippen LogP contribution in [0, 0.1) is 0 Å². The average Bonchev–Trinajstić information content (AvgIpc) is 2.09. The Labute approximate surface area is 107 Å². The predicted octanol–water partition coefficient (Wildman–Crippen LogP) is 1.17. The lowest BCUT2D eigenvalue weighted by molar-refractivity contribution is 0.154. The summed E-state index contributed by atoms with van der Waals surface area (Å²) in [5.41, 5.74) is 11.1. The van der Waals surface area contributed by atoms with Gasteiger partial charge in [-0.15, -0.1) is 0 Å². The summed E-state index contributed by atoms with van der Waals surface area (Å²) in [6, 6.07) is 0. The first kappa shape index (κ1) is 19.2. The average molecular weight is 247 g/mol. The summed E-state index contributed by atoms with van der Waals surface area (Å²) in [7, 11) is 3.87. The van der Waals surface area contributed by atoms with Crippen LogP contribution in [0.1, 0.15) is 46.5 Å². The number of hydrogen-bond donors (Lipinski definition) is 3. The number of nitrogens with two attached hydrogens (primary N) is 2. The van der Waals surface area contributed by atoms with Crippen molar-refractivity contribution in [3.05, 3.63) is 0 Å². The van der Waals surface area contributed by atoms with Crippen molar-refractivity contribution in [3.8, 4) is 0 Å². The Bertz CT molecular complexity index is 147. The molecule has 4 nitrogen and oxygen atoms in total. The first-order valence-corrected chi connectivity index (χ1v) is 6.50. The van der Waals surface area contributed by atoms with E-state index in [-0.39, 0.29) is 11.6 Å². The van der Waals surface area contributed by atoms with E-state index in [2.05, 4.69) is 13.8 Å². The molecular formula is C13H33N3O. The number of aliphatic hydroxyl groups is 1. The molecule has 0 aromatic carbocycles. The molecule has 0 aliphatic rings. The van der Waals surface area contributed by atoms with E-state index in [9.17, 15) is 0 Å². The van der Waals surface area contributed by atoms with Crippen LogP contribution in [0.4, 0.5) is 0 Å². The highest BCUT2D eigenvalue weighted by molar-refractivity contribution is 4.70. The fourth-order valence-electron chi connectivity index (χ4n) is 1.43. The molecule has 0 amide bonds. The van der Waals surface area contributed by atoms with Crippen LogP contribution in [0.25, 0.3) is 0 Å². The number of nitrogens with zero attached hydrogens (tertiary/aromatic N) is 1. The molecule has 0 aromatic heterocycles. The Morgan fingerprint density at radius 1 is 1.18 bits per heavy atom. The summed E-state index contributed by atoms with van der Waals surface area (Å²) < 4.78 is 0. The van der Waals surface area contributed by atoms with E-state index in [0.717, 1.165) is 25.9 Å². The molecule has 0 heterocycles. The molecule has 0 radical (unpaired) electrons. The summed E-state index contributed by atoms with van der Waals surface area (Å²) in [5, 5.41) is 8.68. The lowest BCUT2D eigenvalue weighted by Crippen LogP contribution is -2.31. The van der Waals surface area contributed by atoms with Crippen LogP contribution < -0.4 is 11.5 Å². The van der Waals surface area contributed by atoms with E-state index >= 15 is 0 Å². The van der Waals surface area contributed by atoms with Gasteiger partial charge in [-0.2, -0.15) is 0 Å². The zero-order valence-electron chi connectivity index (χ0n) is 12.4. The van der Waals surface area contributed by atoms with Gasteiger partial charge in [-0.1, -0.05) is 12.8 Å². The van der Waals surface area contributed by atoms with Crippen molar-refractivity contribution in [2.45, 2.75) is 58.1 Å². The largest absolute Gasteiger partial charge is 0.392 e. The molecule has 0 saturated heterocycles. The number of likely N-dealkylation sites (N-methyl/N-ethyl adjacent to an activating group) is 1. The van der Waals surface area contributed by atoms with Gasteiger partial charge < -0.3 is 21.5 Å². The zero-order chi connectivity index (χ0) is 13.9. The Morgan fingerprint density at radius 2 is 1.71 bits per heavy atom. The Morgan fingerprint density at radius 3 is 1.94 bits per heavy atom. The van der Waals surface area contributed by atoms with Crippen molar-refractivity contribution in [1.82, 2.24) is 4.90 Å². The molecule has 0 spiro atoms. The summed E-state index contributed by atoms with van der Waals surface area (Å²) in [5.74, 6) is 0. The lowest BCUT2D eigenvalue weighted by atomic mass is 9.98. The molecule has 0 fully saturated rings. The van der Waals surface area contributed by atoms with Gasteiger partial charge in [-0.3, -0.25) is 0 Å². The van der Waals surface area contributed by atoms with Crippen molar-refractivity contribution in [1.29, 1.82) is 0 Å². The summed E-state index contributed by atoms with van der Waals surface area (Å²) in [4.78, 5) is 1.95. The van der Waals surface area contributed by atoms with Gasteiger partial charge in [0.2, 0.25) is 0 Å². The van der Waals surface area contributed by atoms with Crippen LogP contribution >= 0.6 is 0 Å². The molecule has 0 aliphatic heterocycles. The fraction of sp³-hybridized carbons (Fsp3) is 1.00. The molecule has 0 bridgehead atoms. The van der Waals surface area contributed by atoms with E-state index < -0.39 is 0 Å². The van der Waals surface area contributed by atoms with E-state index in [1.807, 2.05) is 19.0 Å². The molecule has 17 heavy (non-hydrogen) atoms. The maximum atomic E-state index is 8.68. The third-order valence-corrected chi connectivity index (χ3v) is 2.15. The lowest BCUT2D eigenvalue weighted by Gasteiger charge is -2.17. The number of aliphatic hydroxyl groups excluding tert-OH is 1. The smallest absolute Gasteiger partial charge is 0.0638 e. The van der Waals surface area contributed by atoms with Gasteiger partial charge in [-0.25, -0.2) is 0 Å². The van der Waals surface area contributed by atoms with E-state index in [1.54, 1.807) is 6.92 Å². The predicted molar refractivity (Wildman–Crippen MR) is 76.0 cm³/mol. The van der Waals surface area contributed by atoms with E-state index in [4.69, 9.17) is 16.6 Å².